The number of anilines is 15. The summed E-state index contributed by atoms with van der Waals surface area (Å²) < 4.78 is 7.39. The predicted octanol–water partition coefficient (Wildman–Crippen LogP) is 15.7. The van der Waals surface area contributed by atoms with E-state index in [1.165, 1.54) is 110 Å². The molecule has 12 aromatic carbocycles. The summed E-state index contributed by atoms with van der Waals surface area (Å²) in [5.74, 6) is 1.77. The maximum absolute atomic E-state index is 7.39. The van der Waals surface area contributed by atoms with Gasteiger partial charge in [0.1, 0.15) is 27.6 Å². The molecular formula is C84H71B2N5OSi2. The third kappa shape index (κ3) is 7.72. The lowest BCUT2D eigenvalue weighted by Gasteiger charge is -2.48. The number of fused-ring (bicyclic) bond motifs is 13. The Labute approximate surface area is 555 Å². The molecule has 0 saturated heterocycles. The standard InChI is InChI=1S/C84H71B2N5OSi2/c1-83(2)45-46-84(3,4)60-47-56(43-44-59(60)83)89-65-33-17-15-31-61(65)85-63-52-64-71(53-70(63)87(54-27-11-9-12-28-54)72-48-57(49-73(89)81(72)85)90-66-34-18-23-39-77(66)93(5,6)78-40-24-19-35-67(78)90)88(55-29-13-10-14-30-55)74-50-58(51-76-82(74)86(64)62-32-16-22-38-75(62)92-76)91-68-36-20-25-41-79(68)94(7,8)80-42-26-21-37-69(80)91/h9-44,47-53H,45-46H2,1-8H3. The molecule has 0 unspecified atom stereocenters. The summed E-state index contributed by atoms with van der Waals surface area (Å²) in [4.78, 5) is 13.0. The van der Waals surface area contributed by atoms with Crippen LogP contribution in [0.4, 0.5) is 85.3 Å². The largest absolute Gasteiger partial charge is 0.458 e. The summed E-state index contributed by atoms with van der Waals surface area (Å²) in [5.41, 5.74) is 28.0. The fourth-order valence-electron chi connectivity index (χ4n) is 18.0. The highest BCUT2D eigenvalue weighted by molar-refractivity contribution is 7.04. The minimum atomic E-state index is -2.15. The van der Waals surface area contributed by atoms with Crippen LogP contribution >= 0.6 is 0 Å². The lowest BCUT2D eigenvalue weighted by molar-refractivity contribution is 0.332. The minimum absolute atomic E-state index is 0.000497. The van der Waals surface area contributed by atoms with Gasteiger partial charge < -0.3 is 29.2 Å². The van der Waals surface area contributed by atoms with E-state index in [4.69, 9.17) is 4.74 Å². The van der Waals surface area contributed by atoms with Crippen molar-refractivity contribution < 1.29 is 4.74 Å². The van der Waals surface area contributed by atoms with Crippen molar-refractivity contribution in [3.63, 3.8) is 0 Å². The van der Waals surface area contributed by atoms with Gasteiger partial charge in [0.25, 0.3) is 13.4 Å². The maximum Gasteiger partial charge on any atom is 0.256 e. The Hall–Kier alpha value is -10.00. The zero-order valence-electron chi connectivity index (χ0n) is 54.5. The Morgan fingerprint density at radius 3 is 1.20 bits per heavy atom. The number of ether oxygens (including phenoxy) is 1. The van der Waals surface area contributed by atoms with E-state index in [2.05, 4.69) is 339 Å². The summed E-state index contributed by atoms with van der Waals surface area (Å²) in [7, 11) is -4.26. The van der Waals surface area contributed by atoms with Crippen molar-refractivity contribution in [2.24, 2.45) is 0 Å². The van der Waals surface area contributed by atoms with Crippen molar-refractivity contribution in [2.75, 3.05) is 24.5 Å². The Morgan fingerprint density at radius 1 is 0.287 bits per heavy atom. The van der Waals surface area contributed by atoms with Gasteiger partial charge in [0.05, 0.1) is 11.4 Å². The molecule has 12 aromatic rings. The zero-order valence-corrected chi connectivity index (χ0v) is 56.5. The number of rotatable bonds is 5. The summed E-state index contributed by atoms with van der Waals surface area (Å²) in [5, 5.41) is 5.74. The first kappa shape index (κ1) is 55.6. The third-order valence-corrected chi connectivity index (χ3v) is 29.7. The van der Waals surface area contributed by atoms with Crippen LogP contribution in [-0.2, 0) is 10.8 Å². The second-order valence-electron chi connectivity index (χ2n) is 29.5. The topological polar surface area (TPSA) is 25.4 Å². The van der Waals surface area contributed by atoms with Gasteiger partial charge in [-0.3, -0.25) is 0 Å². The van der Waals surface area contributed by atoms with E-state index in [0.29, 0.717) is 0 Å². The number of para-hydroxylation sites is 8. The molecule has 19 rings (SSSR count). The van der Waals surface area contributed by atoms with Crippen molar-refractivity contribution in [1.29, 1.82) is 0 Å². The highest BCUT2D eigenvalue weighted by atomic mass is 28.3. The lowest BCUT2D eigenvalue weighted by Crippen LogP contribution is -2.64. The lowest BCUT2D eigenvalue weighted by atomic mass is 9.30. The molecule has 0 radical (unpaired) electrons. The normalized spacial score (nSPS) is 16.9. The molecule has 0 aromatic heterocycles. The molecule has 0 atom stereocenters. The molecule has 0 amide bonds. The summed E-state index contributed by atoms with van der Waals surface area (Å²) in [6.45, 7) is 19.6. The molecule has 10 heteroatoms. The van der Waals surface area contributed by atoms with Crippen LogP contribution in [0.3, 0.4) is 0 Å². The molecule has 7 aliphatic rings. The third-order valence-electron chi connectivity index (χ3n) is 22.7. The SMILES string of the molecule is CC1(C)CCC(C)(C)c2cc(N3c4ccccc4B4c5cc6c(cc5N(c5ccccc5)c5cc(N7c8ccccc8[Si](C)(C)c8ccccc87)cc3c54)N(c3ccccc3)c3cc(N4c5ccccc5[Si](C)(C)c5ccccc54)cc4c3B6c3ccccc3O4)ccc21. The van der Waals surface area contributed by atoms with Crippen LogP contribution < -0.4 is 82.8 Å². The number of hydrogen-bond acceptors (Lipinski definition) is 6. The first-order chi connectivity index (χ1) is 45.7. The molecule has 94 heavy (non-hydrogen) atoms. The van der Waals surface area contributed by atoms with Crippen molar-refractivity contribution in [3.8, 4) is 11.5 Å². The summed E-state index contributed by atoms with van der Waals surface area (Å²) >= 11 is 0. The smallest absolute Gasteiger partial charge is 0.256 e. The molecule has 0 spiro atoms. The molecule has 1 aliphatic carbocycles. The summed E-state index contributed by atoms with van der Waals surface area (Å²) in [6, 6.07) is 99.9. The molecular weight excluding hydrogens is 1170 g/mol. The monoisotopic (exact) mass is 1240 g/mol. The Bertz CT molecular complexity index is 5120. The van der Waals surface area contributed by atoms with E-state index < -0.39 is 16.1 Å². The predicted molar refractivity (Wildman–Crippen MR) is 404 cm³/mol. The van der Waals surface area contributed by atoms with Gasteiger partial charge in [-0.05, 0) is 185 Å². The Kier molecular flexibility index (Phi) is 11.7. The quantitative estimate of drug-likeness (QED) is 0.159. The Morgan fingerprint density at radius 2 is 0.681 bits per heavy atom. The first-order valence-corrected chi connectivity index (χ1v) is 39.7. The number of hydrogen-bond donors (Lipinski definition) is 0. The van der Waals surface area contributed by atoms with Crippen LogP contribution in [0.1, 0.15) is 51.7 Å². The molecule has 0 bridgehead atoms. The molecule has 0 fully saturated rings. The van der Waals surface area contributed by atoms with Gasteiger partial charge in [-0.1, -0.05) is 212 Å². The maximum atomic E-state index is 7.39. The van der Waals surface area contributed by atoms with Crippen LogP contribution in [0.5, 0.6) is 11.5 Å². The number of benzene rings is 12. The summed E-state index contributed by atoms with van der Waals surface area (Å²) in [6.07, 6.45) is 2.29. The zero-order chi connectivity index (χ0) is 63.3. The van der Waals surface area contributed by atoms with Gasteiger partial charge in [-0.2, -0.15) is 0 Å². The van der Waals surface area contributed by atoms with Crippen molar-refractivity contribution in [3.05, 3.63) is 272 Å². The van der Waals surface area contributed by atoms with Crippen molar-refractivity contribution in [1.82, 2.24) is 0 Å². The van der Waals surface area contributed by atoms with Crippen LogP contribution in [0.15, 0.2) is 261 Å². The van der Waals surface area contributed by atoms with Crippen LogP contribution in [0.25, 0.3) is 0 Å². The van der Waals surface area contributed by atoms with E-state index in [-0.39, 0.29) is 24.3 Å². The van der Waals surface area contributed by atoms with Gasteiger partial charge >= 0.3 is 0 Å². The average molecular weight is 1240 g/mol. The van der Waals surface area contributed by atoms with Gasteiger partial charge in [0.15, 0.2) is 0 Å². The second-order valence-corrected chi connectivity index (χ2v) is 38.1. The fraction of sp³-hybridized carbons (Fsp3) is 0.143. The molecule has 6 heterocycles. The number of nitrogens with zero attached hydrogens (tertiary/aromatic N) is 5. The van der Waals surface area contributed by atoms with Crippen LogP contribution in [-0.4, -0.2) is 29.6 Å². The van der Waals surface area contributed by atoms with Gasteiger partial charge in [-0.25, -0.2) is 0 Å². The van der Waals surface area contributed by atoms with Gasteiger partial charge in [0, 0.05) is 80.0 Å². The fourth-order valence-corrected chi connectivity index (χ4v) is 23.9. The van der Waals surface area contributed by atoms with Crippen LogP contribution in [0.2, 0.25) is 26.2 Å². The Balaban J connectivity index is 0.913. The van der Waals surface area contributed by atoms with Crippen molar-refractivity contribution >= 4 is 168 Å². The molecule has 0 saturated carbocycles. The highest BCUT2D eigenvalue weighted by Crippen LogP contribution is 2.54. The van der Waals surface area contributed by atoms with E-state index in [9.17, 15) is 0 Å². The molecule has 0 N–H and O–H groups in total. The van der Waals surface area contributed by atoms with E-state index in [1.54, 1.807) is 0 Å². The average Bonchev–Trinajstić information content (AvgIpc) is 0.686. The van der Waals surface area contributed by atoms with Crippen molar-refractivity contribution in [2.45, 2.75) is 77.6 Å². The minimum Gasteiger partial charge on any atom is -0.458 e. The van der Waals surface area contributed by atoms with Crippen LogP contribution in [0, 0.1) is 0 Å². The molecule has 6 aliphatic heterocycles. The van der Waals surface area contributed by atoms with Gasteiger partial charge in [-0.15, -0.1) is 0 Å². The second kappa shape index (κ2) is 19.8. The van der Waals surface area contributed by atoms with Gasteiger partial charge in [0.2, 0.25) is 0 Å². The first-order valence-electron chi connectivity index (χ1n) is 33.7. The van der Waals surface area contributed by atoms with E-state index >= 15 is 0 Å². The van der Waals surface area contributed by atoms with E-state index in [1.807, 2.05) is 0 Å². The highest BCUT2D eigenvalue weighted by Gasteiger charge is 2.50. The molecule has 6 nitrogen and oxygen atoms in total. The molecule has 452 valence electrons. The van der Waals surface area contributed by atoms with E-state index in [0.717, 1.165) is 64.2 Å².